The molecule has 28 heavy (non-hydrogen) atoms. The molecular formula is C21H30Cl2O2Si2Zr-2. The van der Waals surface area contributed by atoms with Crippen LogP contribution in [0.2, 0.25) is 32.7 Å². The van der Waals surface area contributed by atoms with E-state index in [-0.39, 0.29) is 30.2 Å². The molecule has 7 heteroatoms. The Hall–Kier alpha value is -0.323. The van der Waals surface area contributed by atoms with Gasteiger partial charge in [-0.2, -0.15) is 23.6 Å². The summed E-state index contributed by atoms with van der Waals surface area (Å²) in [7, 11) is -1.46. The van der Waals surface area contributed by atoms with Gasteiger partial charge in [0, 0.05) is 5.75 Å². The first kappa shape index (κ1) is 29.9. The average molecular weight is 533 g/mol. The summed E-state index contributed by atoms with van der Waals surface area (Å²) in [5.41, 5.74) is 0.210. The maximum Gasteiger partial charge on any atom is -0.0809 e. The molecule has 3 rings (SSSR count). The molecule has 0 aliphatic rings. The fraction of sp³-hybridized carbons (Fsp3) is 0.333. The van der Waals surface area contributed by atoms with E-state index in [1.54, 1.807) is 23.3 Å². The molecule has 0 aliphatic carbocycles. The molecule has 0 atom stereocenters. The van der Waals surface area contributed by atoms with E-state index < -0.39 is 8.32 Å². The Bertz CT molecular complexity index is 761. The molecule has 0 N–H and O–H groups in total. The Morgan fingerprint density at radius 3 is 2.21 bits per heavy atom. The van der Waals surface area contributed by atoms with E-state index in [0.29, 0.717) is 6.61 Å². The number of rotatable bonds is 4. The van der Waals surface area contributed by atoms with Crippen LogP contribution >= 0.6 is 0 Å². The van der Waals surface area contributed by atoms with Crippen LogP contribution in [0.15, 0.2) is 60.7 Å². The largest absolute Gasteiger partial charge is 1.00 e. The van der Waals surface area contributed by atoms with Crippen LogP contribution in [-0.2, 0) is 23.3 Å². The van der Waals surface area contributed by atoms with Crippen molar-refractivity contribution in [3.8, 4) is 11.5 Å². The van der Waals surface area contributed by atoms with Crippen molar-refractivity contribution in [2.75, 3.05) is 6.61 Å². The zero-order valence-corrected chi connectivity index (χ0v) is 23.5. The van der Waals surface area contributed by atoms with Crippen LogP contribution in [0.1, 0.15) is 6.92 Å². The van der Waals surface area contributed by atoms with Gasteiger partial charge in [-0.15, -0.1) is 41.8 Å². The second kappa shape index (κ2) is 15.5. The van der Waals surface area contributed by atoms with E-state index in [1.807, 2.05) is 25.1 Å². The zero-order chi connectivity index (χ0) is 19.6. The van der Waals surface area contributed by atoms with E-state index in [0.717, 1.165) is 11.5 Å². The van der Waals surface area contributed by atoms with Crippen molar-refractivity contribution in [2.24, 2.45) is 0 Å². The van der Waals surface area contributed by atoms with E-state index in [1.165, 1.54) is 10.8 Å². The Labute approximate surface area is 199 Å². The molecule has 0 unspecified atom stereocenters. The number of benzene rings is 1. The van der Waals surface area contributed by atoms with Gasteiger partial charge in [0.25, 0.3) is 0 Å². The van der Waals surface area contributed by atoms with Gasteiger partial charge in [0.1, 0.15) is 0 Å². The summed E-state index contributed by atoms with van der Waals surface area (Å²) in [6.45, 7) is 13.8. The molecule has 0 spiro atoms. The Morgan fingerprint density at radius 1 is 1.07 bits per heavy atom. The maximum atomic E-state index is 5.79. The summed E-state index contributed by atoms with van der Waals surface area (Å²) >= 11 is 1.74. The van der Waals surface area contributed by atoms with Crippen molar-refractivity contribution in [2.45, 2.75) is 39.7 Å². The van der Waals surface area contributed by atoms with Crippen molar-refractivity contribution in [1.29, 1.82) is 0 Å². The van der Waals surface area contributed by atoms with Crippen molar-refractivity contribution < 1.29 is 57.3 Å². The van der Waals surface area contributed by atoms with Gasteiger partial charge >= 0.3 is 41.9 Å². The fourth-order valence-corrected chi connectivity index (χ4v) is 2.98. The molecular weight excluding hydrogens is 503 g/mol. The van der Waals surface area contributed by atoms with Gasteiger partial charge in [-0.05, 0) is 26.6 Å². The van der Waals surface area contributed by atoms with Crippen molar-refractivity contribution >= 4 is 24.5 Å². The zero-order valence-electron chi connectivity index (χ0n) is 17.6. The van der Waals surface area contributed by atoms with Gasteiger partial charge in [-0.3, -0.25) is 0 Å². The van der Waals surface area contributed by atoms with Crippen molar-refractivity contribution in [1.82, 2.24) is 0 Å². The van der Waals surface area contributed by atoms with E-state index in [9.17, 15) is 0 Å². The molecule has 0 aliphatic heterocycles. The number of hydrogen-bond acceptors (Lipinski definition) is 2. The molecule has 0 amide bonds. The van der Waals surface area contributed by atoms with Crippen LogP contribution < -0.4 is 34.0 Å². The second-order valence-corrected chi connectivity index (χ2v) is 20.9. The molecule has 3 aromatic rings. The first-order valence-electron chi connectivity index (χ1n) is 8.92. The maximum absolute atomic E-state index is 5.79. The standard InChI is InChI=1S/C10H17O2Si.C9H7.C2H6Si.2ClH.Zr/c1-5-11-9-6-7-10(8-9)12-13(2,3)4;1-2-5-9-7-3-6-8(9)4-1;1-3-2;;;/h6-8H,5H2,1-4H3;1-7H;1-2H3;2*1H;/q2*-1;;;;+2/p-2. The normalized spacial score (nSPS) is 9.57. The Morgan fingerprint density at radius 2 is 1.68 bits per heavy atom. The molecule has 0 radical (unpaired) electrons. The minimum atomic E-state index is -1.46. The number of halogens is 2. The SMILES string of the molecule is CCO[c-]1ccc(O[Si](C)(C)C)c1.C[Si](C)=[Zr+2].[Cl-].[Cl-].c1ccc2[cH-]ccc2c1. The van der Waals surface area contributed by atoms with Gasteiger partial charge in [0.15, 0.2) is 0 Å². The first-order chi connectivity index (χ1) is 12.2. The average Bonchev–Trinajstić information content (AvgIpc) is 3.15. The summed E-state index contributed by atoms with van der Waals surface area (Å²) < 4.78 is 11.1. The fourth-order valence-electron chi connectivity index (χ4n) is 2.14. The molecule has 0 saturated heterocycles. The monoisotopic (exact) mass is 530 g/mol. The number of ether oxygens (including phenoxy) is 1. The second-order valence-electron chi connectivity index (χ2n) is 7.08. The molecule has 0 bridgehead atoms. The minimum absolute atomic E-state index is 0. The molecule has 3 aromatic carbocycles. The van der Waals surface area contributed by atoms with E-state index >= 15 is 0 Å². The third-order valence-electron chi connectivity index (χ3n) is 2.98. The van der Waals surface area contributed by atoms with Gasteiger partial charge in [0.2, 0.25) is 8.32 Å². The van der Waals surface area contributed by atoms with Crippen LogP contribution in [-0.4, -0.2) is 20.4 Å². The topological polar surface area (TPSA) is 18.5 Å². The quantitative estimate of drug-likeness (QED) is 0.357. The van der Waals surface area contributed by atoms with Crippen molar-refractivity contribution in [3.05, 3.63) is 60.7 Å². The summed E-state index contributed by atoms with van der Waals surface area (Å²) in [5.74, 6) is 1.83. The van der Waals surface area contributed by atoms with Crippen LogP contribution in [0, 0.1) is 0 Å². The molecule has 154 valence electrons. The van der Waals surface area contributed by atoms with Gasteiger partial charge in [-0.1, -0.05) is 11.8 Å². The molecule has 2 nitrogen and oxygen atoms in total. The summed E-state index contributed by atoms with van der Waals surface area (Å²) in [6.07, 6.45) is 0. The number of hydrogen-bond donors (Lipinski definition) is 0. The molecule has 0 saturated carbocycles. The first-order valence-corrected chi connectivity index (χ1v) is 18.5. The predicted molar refractivity (Wildman–Crippen MR) is 114 cm³/mol. The van der Waals surface area contributed by atoms with Crippen LogP contribution in [0.5, 0.6) is 11.5 Å². The van der Waals surface area contributed by atoms with E-state index in [2.05, 4.69) is 75.2 Å². The van der Waals surface area contributed by atoms with Gasteiger partial charge < -0.3 is 34.0 Å². The number of fused-ring (bicyclic) bond motifs is 1. The minimum Gasteiger partial charge on any atom is -1.00 e. The summed E-state index contributed by atoms with van der Waals surface area (Å²) in [4.78, 5) is 0. The third-order valence-corrected chi connectivity index (χ3v) is 3.83. The molecule has 0 heterocycles. The molecule has 0 aromatic heterocycles. The van der Waals surface area contributed by atoms with Crippen LogP contribution in [0.4, 0.5) is 0 Å². The van der Waals surface area contributed by atoms with Gasteiger partial charge in [0.05, 0.1) is 6.61 Å². The Kier molecular flexibility index (Phi) is 16.5. The summed E-state index contributed by atoms with van der Waals surface area (Å²) in [6, 6.07) is 20.5. The summed E-state index contributed by atoms with van der Waals surface area (Å²) in [5, 5.41) is 2.66. The molecule has 0 fully saturated rings. The predicted octanol–water partition coefficient (Wildman–Crippen LogP) is 0.369. The van der Waals surface area contributed by atoms with Crippen molar-refractivity contribution in [3.63, 3.8) is 0 Å². The van der Waals surface area contributed by atoms with Gasteiger partial charge in [-0.25, -0.2) is 0 Å². The van der Waals surface area contributed by atoms with Crippen LogP contribution in [0.25, 0.3) is 10.8 Å². The third kappa shape index (κ3) is 13.8. The van der Waals surface area contributed by atoms with E-state index in [4.69, 9.17) is 9.16 Å². The Balaban J connectivity index is 0. The smallest absolute Gasteiger partial charge is 0.0809 e. The van der Waals surface area contributed by atoms with Crippen LogP contribution in [0.3, 0.4) is 0 Å².